The van der Waals surface area contributed by atoms with Crippen molar-refractivity contribution in [3.63, 3.8) is 0 Å². The Labute approximate surface area is 138 Å². The second kappa shape index (κ2) is 5.96. The van der Waals surface area contributed by atoms with E-state index in [4.69, 9.17) is 0 Å². The molecule has 1 aromatic heterocycles. The van der Waals surface area contributed by atoms with Crippen LogP contribution < -0.4 is 4.73 Å². The van der Waals surface area contributed by atoms with Crippen molar-refractivity contribution >= 4 is 9.84 Å². The summed E-state index contributed by atoms with van der Waals surface area (Å²) in [5.74, 6) is -0.165. The number of rotatable bonds is 3. The average Bonchev–Trinajstić information content (AvgIpc) is 2.42. The molecular weight excluding hydrogens is 310 g/mol. The maximum atomic E-state index is 12.6. The van der Waals surface area contributed by atoms with Crippen LogP contribution in [-0.4, -0.2) is 8.42 Å². The molecule has 1 aromatic carbocycles. The predicted octanol–water partition coefficient (Wildman–Crippen LogP) is 3.21. The zero-order valence-electron chi connectivity index (χ0n) is 14.3. The molecule has 23 heavy (non-hydrogen) atoms. The van der Waals surface area contributed by atoms with Gasteiger partial charge in [-0.05, 0) is 47.6 Å². The van der Waals surface area contributed by atoms with Crippen LogP contribution in [0.3, 0.4) is 0 Å². The SMILES string of the molecule is Cc1cc(C(C)(C)C)cc(C)c1CS(=O)(=O)c1cccc[n+]1[O-]. The summed E-state index contributed by atoms with van der Waals surface area (Å²) in [5.41, 5.74) is 3.82. The Kier molecular flexibility index (Phi) is 4.53. The lowest BCUT2D eigenvalue weighted by Gasteiger charge is -2.22. The van der Waals surface area contributed by atoms with Gasteiger partial charge in [-0.3, -0.25) is 0 Å². The van der Waals surface area contributed by atoms with Gasteiger partial charge in [-0.1, -0.05) is 32.9 Å². The largest absolute Gasteiger partial charge is 0.618 e. The third-order valence-electron chi connectivity index (χ3n) is 4.00. The molecule has 5 heteroatoms. The standard InChI is InChI=1S/C18H23NO3S/c1-13-10-15(18(3,4)5)11-14(2)16(13)12-23(21,22)17-8-6-7-9-19(17)20/h6-11H,12H2,1-5H3. The van der Waals surface area contributed by atoms with Crippen LogP contribution in [0, 0.1) is 19.1 Å². The number of nitrogens with zero attached hydrogens (tertiary/aromatic N) is 1. The molecule has 0 saturated carbocycles. The van der Waals surface area contributed by atoms with Crippen LogP contribution in [-0.2, 0) is 21.0 Å². The molecule has 0 aliphatic rings. The molecule has 0 atom stereocenters. The van der Waals surface area contributed by atoms with E-state index in [0.29, 0.717) is 4.73 Å². The van der Waals surface area contributed by atoms with Crippen LogP contribution in [0.4, 0.5) is 0 Å². The summed E-state index contributed by atoms with van der Waals surface area (Å²) in [6, 6.07) is 8.49. The molecule has 0 spiro atoms. The summed E-state index contributed by atoms with van der Waals surface area (Å²) in [6.45, 7) is 10.2. The molecule has 2 rings (SSSR count). The Morgan fingerprint density at radius 1 is 1.09 bits per heavy atom. The van der Waals surface area contributed by atoms with Crippen molar-refractivity contribution < 1.29 is 13.1 Å². The summed E-state index contributed by atoms with van der Waals surface area (Å²) in [6.07, 6.45) is 1.20. The molecule has 2 aromatic rings. The number of hydrogen-bond acceptors (Lipinski definition) is 3. The summed E-state index contributed by atoms with van der Waals surface area (Å²) in [4.78, 5) is 0. The second-order valence-corrected chi connectivity index (χ2v) is 8.90. The Hall–Kier alpha value is -1.88. The zero-order valence-corrected chi connectivity index (χ0v) is 15.1. The monoisotopic (exact) mass is 333 g/mol. The zero-order chi connectivity index (χ0) is 17.4. The number of benzene rings is 1. The first kappa shape index (κ1) is 17.5. The highest BCUT2D eigenvalue weighted by molar-refractivity contribution is 7.90. The molecule has 0 saturated heterocycles. The van der Waals surface area contributed by atoms with E-state index in [-0.39, 0.29) is 16.2 Å². The average molecular weight is 333 g/mol. The molecule has 124 valence electrons. The van der Waals surface area contributed by atoms with Crippen molar-refractivity contribution in [2.24, 2.45) is 0 Å². The highest BCUT2D eigenvalue weighted by Crippen LogP contribution is 2.28. The third-order valence-corrected chi connectivity index (χ3v) is 5.63. The minimum absolute atomic E-state index is 0.00436. The first-order chi connectivity index (χ1) is 10.5. The Morgan fingerprint density at radius 3 is 2.13 bits per heavy atom. The molecule has 1 heterocycles. The first-order valence-corrected chi connectivity index (χ1v) is 9.19. The third kappa shape index (κ3) is 3.72. The number of hydrogen-bond donors (Lipinski definition) is 0. The Morgan fingerprint density at radius 2 is 1.65 bits per heavy atom. The molecular formula is C18H23NO3S. The van der Waals surface area contributed by atoms with E-state index < -0.39 is 9.84 Å². The van der Waals surface area contributed by atoms with Crippen LogP contribution in [0.15, 0.2) is 41.6 Å². The van der Waals surface area contributed by atoms with E-state index in [1.165, 1.54) is 23.9 Å². The van der Waals surface area contributed by atoms with E-state index in [1.54, 1.807) is 6.07 Å². The van der Waals surface area contributed by atoms with Gasteiger partial charge in [0.1, 0.15) is 0 Å². The molecule has 0 unspecified atom stereocenters. The van der Waals surface area contributed by atoms with Crippen molar-refractivity contribution in [2.45, 2.75) is 50.8 Å². The lowest BCUT2D eigenvalue weighted by Crippen LogP contribution is -2.33. The lowest BCUT2D eigenvalue weighted by molar-refractivity contribution is -0.646. The van der Waals surface area contributed by atoms with Crippen LogP contribution in [0.1, 0.15) is 43.0 Å². The van der Waals surface area contributed by atoms with E-state index in [0.717, 1.165) is 16.7 Å². The summed E-state index contributed by atoms with van der Waals surface area (Å²) in [5, 5.41) is 11.5. The predicted molar refractivity (Wildman–Crippen MR) is 90.9 cm³/mol. The molecule has 0 amide bonds. The fourth-order valence-corrected chi connectivity index (χ4v) is 4.18. The van der Waals surface area contributed by atoms with E-state index in [9.17, 15) is 13.6 Å². The maximum Gasteiger partial charge on any atom is 0.308 e. The van der Waals surface area contributed by atoms with Gasteiger partial charge < -0.3 is 5.21 Å². The second-order valence-electron chi connectivity index (χ2n) is 6.96. The minimum atomic E-state index is -3.69. The topological polar surface area (TPSA) is 61.1 Å². The number of aryl methyl sites for hydroxylation is 2. The van der Waals surface area contributed by atoms with Gasteiger partial charge >= 0.3 is 5.03 Å². The summed E-state index contributed by atoms with van der Waals surface area (Å²) >= 11 is 0. The maximum absolute atomic E-state index is 12.6. The van der Waals surface area contributed by atoms with Crippen LogP contribution in [0.5, 0.6) is 0 Å². The fourth-order valence-electron chi connectivity index (χ4n) is 2.57. The fraction of sp³-hybridized carbons (Fsp3) is 0.389. The highest BCUT2D eigenvalue weighted by Gasteiger charge is 2.26. The van der Waals surface area contributed by atoms with Crippen LogP contribution in [0.25, 0.3) is 0 Å². The van der Waals surface area contributed by atoms with Gasteiger partial charge in [0, 0.05) is 12.1 Å². The quantitative estimate of drug-likeness (QED) is 0.640. The summed E-state index contributed by atoms with van der Waals surface area (Å²) in [7, 11) is -3.69. The van der Waals surface area contributed by atoms with E-state index >= 15 is 0 Å². The van der Waals surface area contributed by atoms with Crippen LogP contribution in [0.2, 0.25) is 0 Å². The normalized spacial score (nSPS) is 12.4. The molecule has 4 nitrogen and oxygen atoms in total. The smallest absolute Gasteiger partial charge is 0.308 e. The molecule has 0 aliphatic carbocycles. The van der Waals surface area contributed by atoms with Gasteiger partial charge in [0.25, 0.3) is 0 Å². The first-order valence-electron chi connectivity index (χ1n) is 7.54. The number of aromatic nitrogens is 1. The van der Waals surface area contributed by atoms with Gasteiger partial charge in [0.15, 0.2) is 6.20 Å². The van der Waals surface area contributed by atoms with Crippen molar-refractivity contribution in [1.82, 2.24) is 0 Å². The van der Waals surface area contributed by atoms with Crippen LogP contribution >= 0.6 is 0 Å². The number of pyridine rings is 1. The van der Waals surface area contributed by atoms with Gasteiger partial charge in [-0.15, -0.1) is 0 Å². The lowest BCUT2D eigenvalue weighted by atomic mass is 9.84. The molecule has 0 aliphatic heterocycles. The van der Waals surface area contributed by atoms with Gasteiger partial charge in [-0.25, -0.2) is 8.42 Å². The van der Waals surface area contributed by atoms with Gasteiger partial charge in [0.2, 0.25) is 9.84 Å². The van der Waals surface area contributed by atoms with Crippen molar-refractivity contribution in [1.29, 1.82) is 0 Å². The van der Waals surface area contributed by atoms with E-state index in [2.05, 4.69) is 20.8 Å². The molecule has 0 N–H and O–H groups in total. The Bertz CT molecular complexity index is 811. The van der Waals surface area contributed by atoms with Crippen molar-refractivity contribution in [2.75, 3.05) is 0 Å². The van der Waals surface area contributed by atoms with Gasteiger partial charge in [0.05, 0.1) is 5.75 Å². The Balaban J connectivity index is 2.47. The minimum Gasteiger partial charge on any atom is -0.618 e. The highest BCUT2D eigenvalue weighted by atomic mass is 32.2. The number of sulfone groups is 1. The molecule has 0 fully saturated rings. The van der Waals surface area contributed by atoms with Crippen molar-refractivity contribution in [3.05, 3.63) is 64.0 Å². The molecule has 0 bridgehead atoms. The summed E-state index contributed by atoms with van der Waals surface area (Å²) < 4.78 is 25.6. The van der Waals surface area contributed by atoms with Gasteiger partial charge in [-0.2, -0.15) is 4.73 Å². The van der Waals surface area contributed by atoms with Crippen molar-refractivity contribution in [3.8, 4) is 0 Å². The van der Waals surface area contributed by atoms with E-state index in [1.807, 2.05) is 26.0 Å². The molecule has 0 radical (unpaired) electrons.